The van der Waals surface area contributed by atoms with Gasteiger partial charge < -0.3 is 5.32 Å². The molecule has 2 aromatic rings. The largest absolute Gasteiger partial charge is 0.349 e. The van der Waals surface area contributed by atoms with Gasteiger partial charge in [-0.3, -0.25) is 9.78 Å². The molecule has 1 aromatic carbocycles. The molecule has 1 aromatic heterocycles. The van der Waals surface area contributed by atoms with E-state index >= 15 is 0 Å². The van der Waals surface area contributed by atoms with E-state index in [2.05, 4.69) is 15.4 Å². The first-order valence-electron chi connectivity index (χ1n) is 7.69. The fourth-order valence-corrected chi connectivity index (χ4v) is 2.71. The zero-order valence-corrected chi connectivity index (χ0v) is 12.9. The molecule has 0 spiro atoms. The third-order valence-corrected chi connectivity index (χ3v) is 4.21. The minimum Gasteiger partial charge on any atom is -0.349 e. The Morgan fingerprint density at radius 2 is 2.13 bits per heavy atom. The van der Waals surface area contributed by atoms with Crippen molar-refractivity contribution in [2.24, 2.45) is 18.9 Å². The summed E-state index contributed by atoms with van der Waals surface area (Å²) in [7, 11) is 1.48. The maximum Gasteiger partial charge on any atom is 0.343 e. The van der Waals surface area contributed by atoms with Crippen LogP contribution in [-0.4, -0.2) is 27.2 Å². The standard InChI is InChI=1S/C16H19FN4O2/c1-21-16(23)19-14(20-21)15(22)18-9-12(11-4-5-11)8-10-2-6-13(17)7-3-10/h2-3,6-7,11-12H,4-5,8-9H2,1H3,(H,18,22)(H,19,20,23)/t12-/m0/s1. The fraction of sp³-hybridized carbons (Fsp3) is 0.438. The van der Waals surface area contributed by atoms with Crippen LogP contribution in [-0.2, 0) is 13.5 Å². The maximum absolute atomic E-state index is 13.0. The molecule has 2 N–H and O–H groups in total. The highest BCUT2D eigenvalue weighted by Gasteiger charge is 2.31. The molecule has 1 amide bonds. The monoisotopic (exact) mass is 318 g/mol. The molecule has 0 aliphatic heterocycles. The van der Waals surface area contributed by atoms with Crippen LogP contribution in [0.4, 0.5) is 4.39 Å². The van der Waals surface area contributed by atoms with E-state index in [0.717, 1.165) is 29.5 Å². The Morgan fingerprint density at radius 1 is 1.43 bits per heavy atom. The minimum absolute atomic E-state index is 0.0221. The Morgan fingerprint density at radius 3 is 2.70 bits per heavy atom. The molecule has 7 heteroatoms. The van der Waals surface area contributed by atoms with Gasteiger partial charge in [-0.2, -0.15) is 0 Å². The van der Waals surface area contributed by atoms with E-state index in [4.69, 9.17) is 0 Å². The molecule has 3 rings (SSSR count). The van der Waals surface area contributed by atoms with Crippen LogP contribution in [0.3, 0.4) is 0 Å². The second kappa shape index (κ2) is 6.36. The van der Waals surface area contributed by atoms with Crippen LogP contribution in [0.15, 0.2) is 29.1 Å². The number of carbonyl (C=O) groups is 1. The number of hydrogen-bond donors (Lipinski definition) is 2. The van der Waals surface area contributed by atoms with Gasteiger partial charge in [0.1, 0.15) is 5.82 Å². The average Bonchev–Trinajstić information content (AvgIpc) is 3.31. The molecule has 6 nitrogen and oxygen atoms in total. The van der Waals surface area contributed by atoms with Crippen molar-refractivity contribution in [2.75, 3.05) is 6.54 Å². The summed E-state index contributed by atoms with van der Waals surface area (Å²) in [5.74, 6) is 0.286. The zero-order chi connectivity index (χ0) is 16.4. The fourth-order valence-electron chi connectivity index (χ4n) is 2.71. The summed E-state index contributed by atoms with van der Waals surface area (Å²) < 4.78 is 14.1. The van der Waals surface area contributed by atoms with E-state index in [0.29, 0.717) is 18.4 Å². The number of rotatable bonds is 6. The van der Waals surface area contributed by atoms with Gasteiger partial charge in [0.25, 0.3) is 5.91 Å². The van der Waals surface area contributed by atoms with Gasteiger partial charge in [-0.15, -0.1) is 5.10 Å². The topological polar surface area (TPSA) is 79.8 Å². The lowest BCUT2D eigenvalue weighted by molar-refractivity contribution is 0.0934. The van der Waals surface area contributed by atoms with Crippen molar-refractivity contribution in [3.8, 4) is 0 Å². The predicted molar refractivity (Wildman–Crippen MR) is 82.5 cm³/mol. The lowest BCUT2D eigenvalue weighted by atomic mass is 9.94. The summed E-state index contributed by atoms with van der Waals surface area (Å²) in [6.45, 7) is 0.513. The number of carbonyl (C=O) groups excluding carboxylic acids is 1. The SMILES string of the molecule is Cn1nc(C(=O)NC[C@H](Cc2ccc(F)cc2)C2CC2)[nH]c1=O. The molecule has 0 radical (unpaired) electrons. The third kappa shape index (κ3) is 3.85. The van der Waals surface area contributed by atoms with Crippen LogP contribution < -0.4 is 11.0 Å². The van der Waals surface area contributed by atoms with Gasteiger partial charge in [-0.1, -0.05) is 12.1 Å². The van der Waals surface area contributed by atoms with Crippen molar-refractivity contribution in [1.29, 1.82) is 0 Å². The Hall–Kier alpha value is -2.44. The highest BCUT2D eigenvalue weighted by Crippen LogP contribution is 2.38. The van der Waals surface area contributed by atoms with Crippen molar-refractivity contribution < 1.29 is 9.18 Å². The highest BCUT2D eigenvalue weighted by atomic mass is 19.1. The van der Waals surface area contributed by atoms with Gasteiger partial charge in [-0.25, -0.2) is 13.9 Å². The van der Waals surface area contributed by atoms with E-state index in [1.807, 2.05) is 0 Å². The number of amides is 1. The van der Waals surface area contributed by atoms with Crippen LogP contribution >= 0.6 is 0 Å². The van der Waals surface area contributed by atoms with E-state index < -0.39 is 5.69 Å². The Kier molecular flexibility index (Phi) is 4.27. The summed E-state index contributed by atoms with van der Waals surface area (Å²) in [5, 5.41) is 6.67. The smallest absolute Gasteiger partial charge is 0.343 e. The minimum atomic E-state index is -0.416. The number of aromatic nitrogens is 3. The zero-order valence-electron chi connectivity index (χ0n) is 12.9. The molecule has 1 aliphatic rings. The van der Waals surface area contributed by atoms with Gasteiger partial charge in [0.05, 0.1) is 0 Å². The number of hydrogen-bond acceptors (Lipinski definition) is 3. The van der Waals surface area contributed by atoms with Gasteiger partial charge in [0.15, 0.2) is 0 Å². The van der Waals surface area contributed by atoms with Gasteiger partial charge in [0.2, 0.25) is 5.82 Å². The van der Waals surface area contributed by atoms with Gasteiger partial charge in [-0.05, 0) is 48.8 Å². The number of aryl methyl sites for hydroxylation is 1. The number of aromatic amines is 1. The Bertz CT molecular complexity index is 746. The summed E-state index contributed by atoms with van der Waals surface area (Å²) in [5.41, 5.74) is 0.643. The molecule has 0 saturated heterocycles. The highest BCUT2D eigenvalue weighted by molar-refractivity contribution is 5.90. The molecular weight excluding hydrogens is 299 g/mol. The first-order chi connectivity index (χ1) is 11.0. The number of benzene rings is 1. The number of nitrogens with zero attached hydrogens (tertiary/aromatic N) is 2. The van der Waals surface area contributed by atoms with Gasteiger partial charge in [0, 0.05) is 13.6 Å². The van der Waals surface area contributed by atoms with Gasteiger partial charge >= 0.3 is 5.69 Å². The normalized spacial score (nSPS) is 15.4. The summed E-state index contributed by atoms with van der Waals surface area (Å²) in [6, 6.07) is 6.47. The average molecular weight is 318 g/mol. The van der Waals surface area contributed by atoms with Crippen LogP contribution in [0.25, 0.3) is 0 Å². The molecule has 23 heavy (non-hydrogen) atoms. The summed E-state index contributed by atoms with van der Waals surface area (Å²) >= 11 is 0. The number of halogens is 1. The molecule has 1 aliphatic carbocycles. The summed E-state index contributed by atoms with van der Waals surface area (Å²) in [6.07, 6.45) is 3.11. The molecule has 1 fully saturated rings. The van der Waals surface area contributed by atoms with Crippen LogP contribution in [0.1, 0.15) is 29.0 Å². The molecule has 0 unspecified atom stereocenters. The van der Waals surface area contributed by atoms with Crippen LogP contribution in [0, 0.1) is 17.7 Å². The Labute approximate surface area is 132 Å². The number of H-pyrrole nitrogens is 1. The van der Waals surface area contributed by atoms with Crippen molar-refractivity contribution in [3.05, 3.63) is 52.0 Å². The van der Waals surface area contributed by atoms with E-state index in [-0.39, 0.29) is 17.5 Å². The van der Waals surface area contributed by atoms with Crippen molar-refractivity contribution in [3.63, 3.8) is 0 Å². The molecule has 1 saturated carbocycles. The second-order valence-electron chi connectivity index (χ2n) is 6.04. The van der Waals surface area contributed by atoms with E-state index in [1.165, 1.54) is 19.2 Å². The summed E-state index contributed by atoms with van der Waals surface area (Å²) in [4.78, 5) is 25.8. The first kappa shape index (κ1) is 15.5. The van der Waals surface area contributed by atoms with Crippen molar-refractivity contribution in [2.45, 2.75) is 19.3 Å². The second-order valence-corrected chi connectivity index (χ2v) is 6.04. The molecule has 0 bridgehead atoms. The third-order valence-electron chi connectivity index (χ3n) is 4.21. The molecule has 122 valence electrons. The van der Waals surface area contributed by atoms with Crippen LogP contribution in [0.2, 0.25) is 0 Å². The van der Waals surface area contributed by atoms with Crippen molar-refractivity contribution >= 4 is 5.91 Å². The molecule has 1 atom stereocenters. The maximum atomic E-state index is 13.0. The Balaban J connectivity index is 1.60. The van der Waals surface area contributed by atoms with E-state index in [9.17, 15) is 14.0 Å². The quantitative estimate of drug-likeness (QED) is 0.841. The first-order valence-corrected chi connectivity index (χ1v) is 7.69. The van der Waals surface area contributed by atoms with E-state index in [1.54, 1.807) is 12.1 Å². The lowest BCUT2D eigenvalue weighted by Crippen LogP contribution is -2.32. The molecule has 1 heterocycles. The van der Waals surface area contributed by atoms with Crippen LogP contribution in [0.5, 0.6) is 0 Å². The molecular formula is C16H19FN4O2. The predicted octanol–water partition coefficient (Wildman–Crippen LogP) is 1.25. The van der Waals surface area contributed by atoms with Crippen molar-refractivity contribution in [1.82, 2.24) is 20.1 Å². The number of nitrogens with one attached hydrogen (secondary N) is 2. The lowest BCUT2D eigenvalue weighted by Gasteiger charge is -2.16.